The third kappa shape index (κ3) is 4.66. The Hall–Kier alpha value is -2.18. The summed E-state index contributed by atoms with van der Waals surface area (Å²) in [5.74, 6) is 0.766. The summed E-state index contributed by atoms with van der Waals surface area (Å²) in [6.45, 7) is 2.49. The zero-order valence-corrected chi connectivity index (χ0v) is 14.9. The highest BCUT2D eigenvalue weighted by Crippen LogP contribution is 2.23. The molecule has 122 valence electrons. The van der Waals surface area contributed by atoms with Crippen molar-refractivity contribution in [1.82, 2.24) is 15.3 Å². The van der Waals surface area contributed by atoms with E-state index in [2.05, 4.69) is 20.7 Å². The Morgan fingerprint density at radius 2 is 2.08 bits per heavy atom. The van der Waals surface area contributed by atoms with Crippen LogP contribution in [0.25, 0.3) is 0 Å². The van der Waals surface area contributed by atoms with Crippen LogP contribution >= 0.6 is 23.1 Å². The number of carbonyl (C=O) groups excluding carboxylic acids is 1. The second-order valence-corrected chi connectivity index (χ2v) is 7.33. The van der Waals surface area contributed by atoms with E-state index in [1.165, 1.54) is 0 Å². The van der Waals surface area contributed by atoms with Gasteiger partial charge in [-0.2, -0.15) is 0 Å². The average Bonchev–Trinajstić information content (AvgIpc) is 3.04. The van der Waals surface area contributed by atoms with E-state index < -0.39 is 0 Å². The zero-order chi connectivity index (χ0) is 16.8. The maximum absolute atomic E-state index is 12.2. The first-order chi connectivity index (χ1) is 11.7. The molecule has 0 unspecified atom stereocenters. The van der Waals surface area contributed by atoms with Crippen molar-refractivity contribution in [3.8, 4) is 0 Å². The fourth-order valence-electron chi connectivity index (χ4n) is 2.12. The number of nitrogens with one attached hydrogen (secondary N) is 1. The molecule has 0 spiro atoms. The predicted octanol–water partition coefficient (Wildman–Crippen LogP) is 4.07. The lowest BCUT2D eigenvalue weighted by Gasteiger charge is -2.06. The van der Waals surface area contributed by atoms with Crippen LogP contribution in [0.5, 0.6) is 0 Å². The molecule has 0 radical (unpaired) electrons. The maximum Gasteiger partial charge on any atom is 0.251 e. The SMILES string of the molecule is Cc1nc(CSc2ccc(C(=O)NCc3cccnc3)cc2)cs1. The number of benzene rings is 1. The van der Waals surface area contributed by atoms with Gasteiger partial charge in [-0.3, -0.25) is 9.78 Å². The van der Waals surface area contributed by atoms with Crippen molar-refractivity contribution in [1.29, 1.82) is 0 Å². The molecule has 0 saturated heterocycles. The van der Waals surface area contributed by atoms with Gasteiger partial charge in [-0.15, -0.1) is 23.1 Å². The number of nitrogens with zero attached hydrogens (tertiary/aromatic N) is 2. The second-order valence-electron chi connectivity index (χ2n) is 5.21. The van der Waals surface area contributed by atoms with Crippen molar-refractivity contribution >= 4 is 29.0 Å². The van der Waals surface area contributed by atoms with Gasteiger partial charge in [-0.05, 0) is 42.8 Å². The largest absolute Gasteiger partial charge is 0.348 e. The Balaban J connectivity index is 1.52. The smallest absolute Gasteiger partial charge is 0.251 e. The highest BCUT2D eigenvalue weighted by Gasteiger charge is 2.06. The number of hydrogen-bond donors (Lipinski definition) is 1. The topological polar surface area (TPSA) is 54.9 Å². The van der Waals surface area contributed by atoms with Crippen molar-refractivity contribution in [2.45, 2.75) is 24.1 Å². The molecule has 0 saturated carbocycles. The second kappa shape index (κ2) is 8.08. The number of thioether (sulfide) groups is 1. The minimum absolute atomic E-state index is 0.0782. The number of carbonyl (C=O) groups is 1. The molecule has 2 aromatic heterocycles. The summed E-state index contributed by atoms with van der Waals surface area (Å²) in [7, 11) is 0. The third-order valence-corrected chi connectivity index (χ3v) is 5.21. The van der Waals surface area contributed by atoms with Gasteiger partial charge in [0.15, 0.2) is 0 Å². The number of aryl methyl sites for hydroxylation is 1. The maximum atomic E-state index is 12.2. The summed E-state index contributed by atoms with van der Waals surface area (Å²) < 4.78 is 0. The van der Waals surface area contributed by atoms with Crippen LogP contribution in [0.15, 0.2) is 59.1 Å². The van der Waals surface area contributed by atoms with E-state index >= 15 is 0 Å². The molecular formula is C18H17N3OS2. The van der Waals surface area contributed by atoms with E-state index in [9.17, 15) is 4.79 Å². The van der Waals surface area contributed by atoms with Gasteiger partial charge >= 0.3 is 0 Å². The van der Waals surface area contributed by atoms with Gasteiger partial charge in [0.2, 0.25) is 0 Å². The fourth-order valence-corrected chi connectivity index (χ4v) is 3.63. The molecule has 0 bridgehead atoms. The van der Waals surface area contributed by atoms with E-state index in [1.807, 2.05) is 43.3 Å². The average molecular weight is 355 g/mol. The van der Waals surface area contributed by atoms with Gasteiger partial charge in [-0.1, -0.05) is 6.07 Å². The Kier molecular flexibility index (Phi) is 5.61. The number of amides is 1. The van der Waals surface area contributed by atoms with Crippen LogP contribution in [0.3, 0.4) is 0 Å². The van der Waals surface area contributed by atoms with Gasteiger partial charge < -0.3 is 5.32 Å². The molecule has 4 nitrogen and oxygen atoms in total. The molecule has 1 aromatic carbocycles. The van der Waals surface area contributed by atoms with Crippen molar-refractivity contribution in [2.75, 3.05) is 0 Å². The molecule has 0 aliphatic carbocycles. The summed E-state index contributed by atoms with van der Waals surface area (Å²) in [6.07, 6.45) is 3.47. The number of thiazole rings is 1. The van der Waals surface area contributed by atoms with E-state index in [0.717, 1.165) is 26.9 Å². The number of aromatic nitrogens is 2. The summed E-state index contributed by atoms with van der Waals surface area (Å²) in [5.41, 5.74) is 2.74. The predicted molar refractivity (Wildman–Crippen MR) is 98.3 cm³/mol. The normalized spacial score (nSPS) is 10.5. The molecule has 1 N–H and O–H groups in total. The summed E-state index contributed by atoms with van der Waals surface area (Å²) in [4.78, 5) is 21.8. The van der Waals surface area contributed by atoms with Crippen LogP contribution in [0, 0.1) is 6.92 Å². The lowest BCUT2D eigenvalue weighted by molar-refractivity contribution is 0.0951. The first-order valence-electron chi connectivity index (χ1n) is 7.52. The molecule has 0 aliphatic heterocycles. The van der Waals surface area contributed by atoms with E-state index in [1.54, 1.807) is 35.5 Å². The number of hydrogen-bond acceptors (Lipinski definition) is 5. The lowest BCUT2D eigenvalue weighted by atomic mass is 10.2. The molecular weight excluding hydrogens is 338 g/mol. The number of rotatable bonds is 6. The van der Waals surface area contributed by atoms with Gasteiger partial charge in [0.25, 0.3) is 5.91 Å². The summed E-state index contributed by atoms with van der Waals surface area (Å²) in [5, 5.41) is 6.08. The van der Waals surface area contributed by atoms with Gasteiger partial charge in [0, 0.05) is 40.5 Å². The van der Waals surface area contributed by atoms with Gasteiger partial charge in [-0.25, -0.2) is 4.98 Å². The van der Waals surface area contributed by atoms with Crippen molar-refractivity contribution in [3.63, 3.8) is 0 Å². The molecule has 0 aliphatic rings. The monoisotopic (exact) mass is 355 g/mol. The van der Waals surface area contributed by atoms with Crippen LogP contribution in [0.1, 0.15) is 26.6 Å². The Morgan fingerprint density at radius 1 is 1.25 bits per heavy atom. The van der Waals surface area contributed by atoms with Crippen molar-refractivity contribution in [2.24, 2.45) is 0 Å². The number of pyridine rings is 1. The minimum Gasteiger partial charge on any atom is -0.348 e. The van der Waals surface area contributed by atoms with Crippen LogP contribution < -0.4 is 5.32 Å². The molecule has 3 aromatic rings. The van der Waals surface area contributed by atoms with Crippen LogP contribution in [-0.4, -0.2) is 15.9 Å². The zero-order valence-electron chi connectivity index (χ0n) is 13.2. The van der Waals surface area contributed by atoms with Crippen LogP contribution in [0.4, 0.5) is 0 Å². The Labute approximate surface area is 149 Å². The first kappa shape index (κ1) is 16.7. The fraction of sp³-hybridized carbons (Fsp3) is 0.167. The molecule has 0 atom stereocenters. The summed E-state index contributed by atoms with van der Waals surface area (Å²) in [6, 6.07) is 11.5. The molecule has 24 heavy (non-hydrogen) atoms. The van der Waals surface area contributed by atoms with E-state index in [-0.39, 0.29) is 5.91 Å². The van der Waals surface area contributed by atoms with Crippen LogP contribution in [-0.2, 0) is 12.3 Å². The quantitative estimate of drug-likeness (QED) is 0.677. The van der Waals surface area contributed by atoms with Gasteiger partial charge in [0.05, 0.1) is 10.7 Å². The third-order valence-electron chi connectivity index (χ3n) is 3.35. The Bertz CT molecular complexity index is 801. The summed E-state index contributed by atoms with van der Waals surface area (Å²) >= 11 is 3.39. The van der Waals surface area contributed by atoms with Crippen molar-refractivity contribution in [3.05, 3.63) is 76.0 Å². The van der Waals surface area contributed by atoms with Crippen molar-refractivity contribution < 1.29 is 4.79 Å². The Morgan fingerprint density at radius 3 is 2.75 bits per heavy atom. The van der Waals surface area contributed by atoms with Gasteiger partial charge in [0.1, 0.15) is 0 Å². The van der Waals surface area contributed by atoms with E-state index in [0.29, 0.717) is 12.1 Å². The highest BCUT2D eigenvalue weighted by atomic mass is 32.2. The lowest BCUT2D eigenvalue weighted by Crippen LogP contribution is -2.22. The standard InChI is InChI=1S/C18H17N3OS2/c1-13-21-16(11-23-13)12-24-17-6-4-15(5-7-17)18(22)20-10-14-3-2-8-19-9-14/h2-9,11H,10,12H2,1H3,(H,20,22). The molecule has 2 heterocycles. The highest BCUT2D eigenvalue weighted by molar-refractivity contribution is 7.98. The molecule has 6 heteroatoms. The first-order valence-corrected chi connectivity index (χ1v) is 9.38. The molecule has 1 amide bonds. The van der Waals surface area contributed by atoms with E-state index in [4.69, 9.17) is 0 Å². The molecule has 3 rings (SSSR count). The minimum atomic E-state index is -0.0782. The van der Waals surface area contributed by atoms with Crippen LogP contribution in [0.2, 0.25) is 0 Å². The molecule has 0 fully saturated rings.